The Morgan fingerprint density at radius 3 is 2.38 bits per heavy atom. The van der Waals surface area contributed by atoms with Crippen molar-refractivity contribution < 1.29 is 18.3 Å². The molecule has 0 unspecified atom stereocenters. The summed E-state index contributed by atoms with van der Waals surface area (Å²) in [5.74, 6) is -1.25. The Labute approximate surface area is 123 Å². The van der Waals surface area contributed by atoms with Crippen molar-refractivity contribution in [2.45, 2.75) is 24.0 Å². The molecule has 0 fully saturated rings. The number of aromatic carboxylic acids is 1. The third-order valence-corrected chi connectivity index (χ3v) is 4.85. The number of rotatable bonds is 5. The van der Waals surface area contributed by atoms with E-state index in [-0.39, 0.29) is 16.2 Å². The number of hydrogen-bond acceptors (Lipinski definition) is 4. The smallest absolute Gasteiger partial charge is 0.335 e. The number of aromatic nitrogens is 2. The summed E-state index contributed by atoms with van der Waals surface area (Å²) in [7, 11) is -1.82. The van der Waals surface area contributed by atoms with E-state index in [0.29, 0.717) is 5.69 Å². The first-order valence-electron chi connectivity index (χ1n) is 6.41. The second-order valence-corrected chi connectivity index (χ2v) is 6.68. The molecule has 2 aromatic rings. The molecule has 0 atom stereocenters. The minimum absolute atomic E-state index is 0.0581. The van der Waals surface area contributed by atoms with Crippen LogP contribution in [0.4, 0.5) is 0 Å². The van der Waals surface area contributed by atoms with Gasteiger partial charge in [-0.15, -0.1) is 0 Å². The van der Waals surface area contributed by atoms with Crippen LogP contribution < -0.4 is 0 Å². The zero-order valence-corrected chi connectivity index (χ0v) is 12.6. The van der Waals surface area contributed by atoms with Crippen LogP contribution in [0.1, 0.15) is 28.7 Å². The predicted octanol–water partition coefficient (Wildman–Crippen LogP) is 1.65. The maximum Gasteiger partial charge on any atom is 0.335 e. The number of carboxylic acids is 1. The zero-order chi connectivity index (χ0) is 15.6. The van der Waals surface area contributed by atoms with Crippen LogP contribution in [0.5, 0.6) is 0 Å². The Balaban J connectivity index is 2.29. The number of hydrogen-bond donors (Lipinski definition) is 1. The van der Waals surface area contributed by atoms with Gasteiger partial charge in [-0.25, -0.2) is 13.2 Å². The van der Waals surface area contributed by atoms with Crippen LogP contribution >= 0.6 is 0 Å². The highest BCUT2D eigenvalue weighted by Gasteiger charge is 2.18. The van der Waals surface area contributed by atoms with Crippen molar-refractivity contribution in [3.63, 3.8) is 0 Å². The molecule has 7 heteroatoms. The Bertz CT molecular complexity index is 761. The molecular weight excluding hydrogens is 292 g/mol. The van der Waals surface area contributed by atoms with E-state index < -0.39 is 15.8 Å². The summed E-state index contributed by atoms with van der Waals surface area (Å²) < 4.78 is 26.2. The van der Waals surface area contributed by atoms with Crippen molar-refractivity contribution in [2.24, 2.45) is 7.05 Å². The van der Waals surface area contributed by atoms with Gasteiger partial charge in [0, 0.05) is 7.05 Å². The molecule has 0 radical (unpaired) electrons. The molecule has 0 amide bonds. The van der Waals surface area contributed by atoms with Crippen LogP contribution in [0.3, 0.4) is 0 Å². The fraction of sp³-hybridized carbons (Fsp3) is 0.286. The van der Waals surface area contributed by atoms with Gasteiger partial charge in [-0.05, 0) is 36.8 Å². The Hall–Kier alpha value is -2.15. The summed E-state index contributed by atoms with van der Waals surface area (Å²) in [6, 6.07) is 6.97. The van der Waals surface area contributed by atoms with Gasteiger partial charge in [-0.2, -0.15) is 5.10 Å². The number of benzene rings is 1. The summed E-state index contributed by atoms with van der Waals surface area (Å²) in [5, 5.41) is 13.0. The number of nitrogens with zero attached hydrogens (tertiary/aromatic N) is 2. The van der Waals surface area contributed by atoms with Crippen molar-refractivity contribution in [2.75, 3.05) is 0 Å². The first-order valence-corrected chi connectivity index (χ1v) is 8.06. The molecule has 0 aliphatic rings. The Morgan fingerprint density at radius 2 is 1.90 bits per heavy atom. The van der Waals surface area contributed by atoms with Gasteiger partial charge in [0.15, 0.2) is 9.84 Å². The number of aryl methyl sites for hydroxylation is 2. The van der Waals surface area contributed by atoms with Gasteiger partial charge in [0.05, 0.1) is 27.6 Å². The molecule has 0 aliphatic heterocycles. The van der Waals surface area contributed by atoms with E-state index in [1.54, 1.807) is 17.8 Å². The van der Waals surface area contributed by atoms with Crippen LogP contribution in [0.25, 0.3) is 0 Å². The summed E-state index contributed by atoms with van der Waals surface area (Å²) in [4.78, 5) is 10.9. The van der Waals surface area contributed by atoms with E-state index >= 15 is 0 Å². The summed E-state index contributed by atoms with van der Waals surface area (Å²) in [6.07, 6.45) is 0.737. The molecule has 21 heavy (non-hydrogen) atoms. The van der Waals surface area contributed by atoms with Crippen molar-refractivity contribution in [1.29, 1.82) is 0 Å². The highest BCUT2D eigenvalue weighted by molar-refractivity contribution is 7.90. The molecule has 1 N–H and O–H groups in total. The Kier molecular flexibility index (Phi) is 4.13. The van der Waals surface area contributed by atoms with E-state index in [0.717, 1.165) is 12.1 Å². The standard InChI is InChI=1S/C14H16N2O4S/c1-3-11-8-12(16(2)15-11)9-21(19,20)13-6-4-10(5-7-13)14(17)18/h4-8H,3,9H2,1-2H3,(H,17,18). The largest absolute Gasteiger partial charge is 0.478 e. The molecule has 0 saturated heterocycles. The van der Waals surface area contributed by atoms with Crippen LogP contribution in [-0.4, -0.2) is 29.3 Å². The van der Waals surface area contributed by atoms with Crippen molar-refractivity contribution in [1.82, 2.24) is 9.78 Å². The van der Waals surface area contributed by atoms with Gasteiger partial charge < -0.3 is 5.11 Å². The number of carboxylic acid groups (broad SMARTS) is 1. The molecule has 2 rings (SSSR count). The summed E-state index contributed by atoms with van der Waals surface area (Å²) >= 11 is 0. The lowest BCUT2D eigenvalue weighted by Crippen LogP contribution is -2.09. The molecule has 0 bridgehead atoms. The highest BCUT2D eigenvalue weighted by atomic mass is 32.2. The fourth-order valence-corrected chi connectivity index (χ4v) is 3.34. The fourth-order valence-electron chi connectivity index (χ4n) is 1.96. The second-order valence-electron chi connectivity index (χ2n) is 4.69. The molecule has 1 heterocycles. The molecule has 6 nitrogen and oxygen atoms in total. The predicted molar refractivity (Wildman–Crippen MR) is 76.9 cm³/mol. The molecule has 112 valence electrons. The normalized spacial score (nSPS) is 11.5. The molecule has 1 aromatic carbocycles. The Morgan fingerprint density at radius 1 is 1.29 bits per heavy atom. The molecule has 0 spiro atoms. The van der Waals surface area contributed by atoms with Gasteiger partial charge in [0.1, 0.15) is 0 Å². The van der Waals surface area contributed by atoms with E-state index in [1.165, 1.54) is 24.3 Å². The lowest BCUT2D eigenvalue weighted by Gasteiger charge is -2.05. The van der Waals surface area contributed by atoms with Gasteiger partial charge in [0.2, 0.25) is 0 Å². The lowest BCUT2D eigenvalue weighted by atomic mass is 10.2. The van der Waals surface area contributed by atoms with Gasteiger partial charge in [-0.3, -0.25) is 4.68 Å². The third-order valence-electron chi connectivity index (χ3n) is 3.19. The van der Waals surface area contributed by atoms with Gasteiger partial charge in [0.25, 0.3) is 0 Å². The molecular formula is C14H16N2O4S. The summed E-state index contributed by atoms with van der Waals surface area (Å²) in [6.45, 7) is 1.95. The number of carbonyl (C=O) groups is 1. The maximum absolute atomic E-state index is 12.3. The van der Waals surface area contributed by atoms with E-state index in [4.69, 9.17) is 5.11 Å². The second kappa shape index (κ2) is 5.69. The molecule has 0 aliphatic carbocycles. The monoisotopic (exact) mass is 308 g/mol. The zero-order valence-electron chi connectivity index (χ0n) is 11.8. The molecule has 0 saturated carbocycles. The summed E-state index contributed by atoms with van der Waals surface area (Å²) in [5.41, 5.74) is 1.50. The highest BCUT2D eigenvalue weighted by Crippen LogP contribution is 2.18. The van der Waals surface area contributed by atoms with Crippen molar-refractivity contribution >= 4 is 15.8 Å². The maximum atomic E-state index is 12.3. The van der Waals surface area contributed by atoms with E-state index in [2.05, 4.69) is 5.10 Å². The van der Waals surface area contributed by atoms with Gasteiger partial charge in [-0.1, -0.05) is 6.92 Å². The van der Waals surface area contributed by atoms with Crippen molar-refractivity contribution in [3.05, 3.63) is 47.3 Å². The van der Waals surface area contributed by atoms with Crippen LogP contribution in [0.15, 0.2) is 35.2 Å². The number of sulfone groups is 1. The first-order chi connectivity index (χ1) is 9.83. The third kappa shape index (κ3) is 3.30. The average Bonchev–Trinajstić information content (AvgIpc) is 2.79. The van der Waals surface area contributed by atoms with Crippen LogP contribution in [0, 0.1) is 0 Å². The van der Waals surface area contributed by atoms with E-state index in [1.807, 2.05) is 6.92 Å². The minimum atomic E-state index is -3.53. The minimum Gasteiger partial charge on any atom is -0.478 e. The molecule has 1 aromatic heterocycles. The van der Waals surface area contributed by atoms with Crippen molar-refractivity contribution in [3.8, 4) is 0 Å². The van der Waals surface area contributed by atoms with E-state index in [9.17, 15) is 13.2 Å². The average molecular weight is 308 g/mol. The van der Waals surface area contributed by atoms with Crippen LogP contribution in [-0.2, 0) is 29.1 Å². The lowest BCUT2D eigenvalue weighted by molar-refractivity contribution is 0.0696. The SMILES string of the molecule is CCc1cc(CS(=O)(=O)c2ccc(C(=O)O)cc2)n(C)n1. The van der Waals surface area contributed by atoms with Crippen LogP contribution in [0.2, 0.25) is 0 Å². The van der Waals surface area contributed by atoms with Gasteiger partial charge >= 0.3 is 5.97 Å². The quantitative estimate of drug-likeness (QED) is 0.907. The first kappa shape index (κ1) is 15.2. The topological polar surface area (TPSA) is 89.3 Å².